The van der Waals surface area contributed by atoms with Gasteiger partial charge in [0.2, 0.25) is 0 Å². The number of nitrogens with zero attached hydrogens (tertiary/aromatic N) is 2. The van der Waals surface area contributed by atoms with Crippen LogP contribution in [0.3, 0.4) is 0 Å². The van der Waals surface area contributed by atoms with Gasteiger partial charge in [-0.05, 0) is 18.5 Å². The summed E-state index contributed by atoms with van der Waals surface area (Å²) < 4.78 is 2.04. The van der Waals surface area contributed by atoms with Crippen LogP contribution in [-0.4, -0.2) is 16.1 Å². The summed E-state index contributed by atoms with van der Waals surface area (Å²) in [6.07, 6.45) is 4.79. The number of aromatic nitrogens is 2. The number of nitrogens with one attached hydrogen (secondary N) is 1. The van der Waals surface area contributed by atoms with E-state index >= 15 is 0 Å². The van der Waals surface area contributed by atoms with Gasteiger partial charge < -0.3 is 9.88 Å². The lowest BCUT2D eigenvalue weighted by Crippen LogP contribution is -2.18. The van der Waals surface area contributed by atoms with Gasteiger partial charge in [-0.15, -0.1) is 0 Å². The minimum atomic E-state index is 0.878. The first-order valence-corrected chi connectivity index (χ1v) is 5.56. The van der Waals surface area contributed by atoms with E-state index < -0.39 is 0 Å². The Morgan fingerprint density at radius 1 is 1.25 bits per heavy atom. The fourth-order valence-corrected chi connectivity index (χ4v) is 1.65. The van der Waals surface area contributed by atoms with Crippen molar-refractivity contribution in [3.05, 3.63) is 54.1 Å². The van der Waals surface area contributed by atoms with E-state index in [9.17, 15) is 0 Å². The fraction of sp³-hybridized carbons (Fsp3) is 0.308. The molecule has 3 heteroatoms. The molecular formula is C13H17N3. The lowest BCUT2D eigenvalue weighted by Gasteiger charge is -2.05. The van der Waals surface area contributed by atoms with Gasteiger partial charge in [0.15, 0.2) is 0 Å². The normalized spacial score (nSPS) is 10.6. The van der Waals surface area contributed by atoms with Crippen LogP contribution in [0.4, 0.5) is 0 Å². The summed E-state index contributed by atoms with van der Waals surface area (Å²) in [7, 11) is 2.02. The average Bonchev–Trinajstić information content (AvgIpc) is 2.72. The SMILES string of the molecule is Cn1cncc1CNCCc1ccccc1. The molecule has 0 radical (unpaired) electrons. The largest absolute Gasteiger partial charge is 0.337 e. The highest BCUT2D eigenvalue weighted by atomic mass is 15.0. The molecule has 1 aromatic carbocycles. The van der Waals surface area contributed by atoms with Crippen LogP contribution in [0.2, 0.25) is 0 Å². The van der Waals surface area contributed by atoms with Gasteiger partial charge in [0.1, 0.15) is 0 Å². The van der Waals surface area contributed by atoms with Gasteiger partial charge in [0.25, 0.3) is 0 Å². The first-order chi connectivity index (χ1) is 7.86. The van der Waals surface area contributed by atoms with Crippen LogP contribution in [-0.2, 0) is 20.0 Å². The van der Waals surface area contributed by atoms with E-state index in [1.165, 1.54) is 11.3 Å². The maximum atomic E-state index is 4.08. The molecule has 0 amide bonds. The third-order valence-corrected chi connectivity index (χ3v) is 2.66. The Kier molecular flexibility index (Phi) is 3.72. The van der Waals surface area contributed by atoms with Crippen molar-refractivity contribution in [2.75, 3.05) is 6.54 Å². The molecule has 2 rings (SSSR count). The molecule has 0 atom stereocenters. The minimum Gasteiger partial charge on any atom is -0.337 e. The summed E-state index contributed by atoms with van der Waals surface area (Å²) in [6, 6.07) is 10.5. The molecule has 3 nitrogen and oxygen atoms in total. The second-order valence-electron chi connectivity index (χ2n) is 3.91. The standard InChI is InChI=1S/C13H17N3/c1-16-11-15-10-13(16)9-14-8-7-12-5-3-2-4-6-12/h2-6,10-11,14H,7-9H2,1H3. The Morgan fingerprint density at radius 2 is 2.06 bits per heavy atom. The maximum Gasteiger partial charge on any atom is 0.0945 e. The van der Waals surface area contributed by atoms with E-state index in [4.69, 9.17) is 0 Å². The van der Waals surface area contributed by atoms with Crippen molar-refractivity contribution in [3.8, 4) is 0 Å². The van der Waals surface area contributed by atoms with Gasteiger partial charge in [0, 0.05) is 19.8 Å². The van der Waals surface area contributed by atoms with Gasteiger partial charge in [-0.1, -0.05) is 30.3 Å². The highest BCUT2D eigenvalue weighted by Crippen LogP contribution is 1.99. The number of rotatable bonds is 5. The summed E-state index contributed by atoms with van der Waals surface area (Å²) in [4.78, 5) is 4.08. The first kappa shape index (κ1) is 10.9. The molecule has 0 unspecified atom stereocenters. The van der Waals surface area contributed by atoms with Gasteiger partial charge in [0.05, 0.1) is 12.0 Å². The Balaban J connectivity index is 1.72. The van der Waals surface area contributed by atoms with Gasteiger partial charge in [-0.3, -0.25) is 0 Å². The predicted molar refractivity (Wildman–Crippen MR) is 65.1 cm³/mol. The van der Waals surface area contributed by atoms with Crippen LogP contribution in [0, 0.1) is 0 Å². The number of imidazole rings is 1. The third-order valence-electron chi connectivity index (χ3n) is 2.66. The van der Waals surface area contributed by atoms with Crippen LogP contribution in [0.5, 0.6) is 0 Å². The number of hydrogen-bond donors (Lipinski definition) is 1. The summed E-state index contributed by atoms with van der Waals surface area (Å²) in [6.45, 7) is 1.87. The van der Waals surface area contributed by atoms with Crippen LogP contribution >= 0.6 is 0 Å². The van der Waals surface area contributed by atoms with Gasteiger partial charge in [-0.2, -0.15) is 0 Å². The van der Waals surface area contributed by atoms with Crippen LogP contribution in [0.25, 0.3) is 0 Å². The smallest absolute Gasteiger partial charge is 0.0945 e. The van der Waals surface area contributed by atoms with Crippen molar-refractivity contribution < 1.29 is 0 Å². The van der Waals surface area contributed by atoms with E-state index in [-0.39, 0.29) is 0 Å². The van der Waals surface area contributed by atoms with E-state index in [1.807, 2.05) is 30.2 Å². The lowest BCUT2D eigenvalue weighted by atomic mass is 10.1. The molecule has 0 spiro atoms. The molecule has 0 aliphatic heterocycles. The second kappa shape index (κ2) is 5.47. The van der Waals surface area contributed by atoms with Crippen LogP contribution in [0.15, 0.2) is 42.9 Å². The summed E-state index contributed by atoms with van der Waals surface area (Å²) in [5, 5.41) is 3.42. The molecule has 1 aromatic heterocycles. The number of hydrogen-bond acceptors (Lipinski definition) is 2. The van der Waals surface area contributed by atoms with Crippen molar-refractivity contribution >= 4 is 0 Å². The monoisotopic (exact) mass is 215 g/mol. The molecule has 16 heavy (non-hydrogen) atoms. The summed E-state index contributed by atoms with van der Waals surface area (Å²) in [5.41, 5.74) is 2.59. The maximum absolute atomic E-state index is 4.08. The summed E-state index contributed by atoms with van der Waals surface area (Å²) >= 11 is 0. The van der Waals surface area contributed by atoms with Crippen molar-refractivity contribution in [1.82, 2.24) is 14.9 Å². The molecule has 0 bridgehead atoms. The third kappa shape index (κ3) is 2.94. The molecule has 0 aliphatic carbocycles. The Hall–Kier alpha value is -1.61. The van der Waals surface area contributed by atoms with E-state index in [1.54, 1.807) is 0 Å². The Bertz CT molecular complexity index is 420. The Morgan fingerprint density at radius 3 is 2.75 bits per heavy atom. The molecule has 0 saturated carbocycles. The van der Waals surface area contributed by atoms with Crippen molar-refractivity contribution in [2.24, 2.45) is 7.05 Å². The minimum absolute atomic E-state index is 0.878. The summed E-state index contributed by atoms with van der Waals surface area (Å²) in [5.74, 6) is 0. The van der Waals surface area contributed by atoms with Crippen LogP contribution < -0.4 is 5.32 Å². The predicted octanol–water partition coefficient (Wildman–Crippen LogP) is 1.75. The van der Waals surface area contributed by atoms with Crippen molar-refractivity contribution in [2.45, 2.75) is 13.0 Å². The molecule has 0 saturated heterocycles. The molecule has 1 N–H and O–H groups in total. The topological polar surface area (TPSA) is 29.9 Å². The zero-order valence-electron chi connectivity index (χ0n) is 9.56. The average molecular weight is 215 g/mol. The molecule has 0 aliphatic rings. The number of aryl methyl sites for hydroxylation is 1. The van der Waals surface area contributed by atoms with Crippen LogP contribution in [0.1, 0.15) is 11.3 Å². The van der Waals surface area contributed by atoms with Crippen molar-refractivity contribution in [3.63, 3.8) is 0 Å². The quantitative estimate of drug-likeness (QED) is 0.770. The second-order valence-corrected chi connectivity index (χ2v) is 3.91. The number of benzene rings is 1. The van der Waals surface area contributed by atoms with Gasteiger partial charge in [-0.25, -0.2) is 4.98 Å². The lowest BCUT2D eigenvalue weighted by molar-refractivity contribution is 0.653. The molecule has 2 aromatic rings. The molecular weight excluding hydrogens is 198 g/mol. The molecule has 0 fully saturated rings. The zero-order chi connectivity index (χ0) is 11.2. The molecule has 84 valence electrons. The highest BCUT2D eigenvalue weighted by Gasteiger charge is 1.97. The fourth-order valence-electron chi connectivity index (χ4n) is 1.65. The van der Waals surface area contributed by atoms with E-state index in [0.29, 0.717) is 0 Å². The van der Waals surface area contributed by atoms with E-state index in [2.05, 4.69) is 34.6 Å². The molecule has 1 heterocycles. The van der Waals surface area contributed by atoms with Gasteiger partial charge >= 0.3 is 0 Å². The highest BCUT2D eigenvalue weighted by molar-refractivity contribution is 5.14. The zero-order valence-corrected chi connectivity index (χ0v) is 9.56. The van der Waals surface area contributed by atoms with E-state index in [0.717, 1.165) is 19.5 Å². The Labute approximate surface area is 96.1 Å². The van der Waals surface area contributed by atoms with Crippen molar-refractivity contribution in [1.29, 1.82) is 0 Å². The first-order valence-electron chi connectivity index (χ1n) is 5.56.